The van der Waals surface area contributed by atoms with Gasteiger partial charge in [-0.25, -0.2) is 0 Å². The molecule has 0 unspecified atom stereocenters. The second-order valence-corrected chi connectivity index (χ2v) is 10.4. The summed E-state index contributed by atoms with van der Waals surface area (Å²) >= 11 is 0. The number of para-hydroxylation sites is 3. The minimum absolute atomic E-state index is 0.0286. The summed E-state index contributed by atoms with van der Waals surface area (Å²) in [4.78, 5) is 18.1. The second-order valence-electron chi connectivity index (χ2n) is 10.4. The van der Waals surface area contributed by atoms with Crippen molar-refractivity contribution in [2.75, 3.05) is 0 Å². The van der Waals surface area contributed by atoms with Crippen molar-refractivity contribution in [2.45, 2.75) is 0 Å². The Hall–Kier alpha value is -5.68. The predicted octanol–water partition coefficient (Wildman–Crippen LogP) is 8.54. The molecule has 5 heteroatoms. The first-order valence-electron chi connectivity index (χ1n) is 13.6. The quantitative estimate of drug-likeness (QED) is 0.212. The molecule has 9 aromatic rings. The highest BCUT2D eigenvalue weighted by Crippen LogP contribution is 2.41. The zero-order valence-electron chi connectivity index (χ0n) is 21.8. The Balaban J connectivity index is 1.49. The number of hydrogen-bond donors (Lipinski definition) is 0. The summed E-state index contributed by atoms with van der Waals surface area (Å²) < 4.78 is 10.7. The molecule has 0 saturated carbocycles. The van der Waals surface area contributed by atoms with E-state index >= 15 is 0 Å². The minimum Gasteiger partial charge on any atom is -0.456 e. The van der Waals surface area contributed by atoms with E-state index in [2.05, 4.69) is 80.8 Å². The summed E-state index contributed by atoms with van der Waals surface area (Å²) in [6.07, 6.45) is 3.79. The summed E-state index contributed by atoms with van der Waals surface area (Å²) in [5.41, 5.74) is 7.40. The Kier molecular flexibility index (Phi) is 4.41. The third kappa shape index (κ3) is 3.00. The smallest absolute Gasteiger partial charge is 0.200 e. The van der Waals surface area contributed by atoms with E-state index in [0.717, 1.165) is 55.0 Å². The Labute approximate surface area is 233 Å². The second kappa shape index (κ2) is 8.16. The van der Waals surface area contributed by atoms with Crippen LogP contribution in [0.25, 0.3) is 76.9 Å². The Morgan fingerprint density at radius 2 is 1.17 bits per heavy atom. The molecule has 9 rings (SSSR count). The van der Waals surface area contributed by atoms with Crippen LogP contribution in [0.1, 0.15) is 0 Å². The van der Waals surface area contributed by atoms with Gasteiger partial charge < -0.3 is 13.6 Å². The van der Waals surface area contributed by atoms with Gasteiger partial charge in [0.25, 0.3) is 0 Å². The molecular formula is C36H21N3O2. The van der Waals surface area contributed by atoms with Crippen molar-refractivity contribution in [2.24, 2.45) is 0 Å². The largest absolute Gasteiger partial charge is 0.456 e. The zero-order valence-corrected chi connectivity index (χ0v) is 21.8. The molecule has 41 heavy (non-hydrogen) atoms. The maximum absolute atomic E-state index is 13.6. The lowest BCUT2D eigenvalue weighted by atomic mass is 10.1. The average molecular weight is 528 g/mol. The van der Waals surface area contributed by atoms with Gasteiger partial charge in [-0.1, -0.05) is 60.7 Å². The molecule has 0 saturated heterocycles. The molecule has 192 valence electrons. The molecular weight excluding hydrogens is 506 g/mol. The molecule has 4 aromatic heterocycles. The van der Waals surface area contributed by atoms with Crippen molar-refractivity contribution in [1.29, 1.82) is 0 Å². The van der Waals surface area contributed by atoms with E-state index in [1.165, 1.54) is 0 Å². The van der Waals surface area contributed by atoms with E-state index in [-0.39, 0.29) is 5.43 Å². The van der Waals surface area contributed by atoms with Gasteiger partial charge in [-0.3, -0.25) is 9.78 Å². The van der Waals surface area contributed by atoms with Crippen molar-refractivity contribution in [1.82, 2.24) is 14.1 Å². The molecule has 0 N–H and O–H groups in total. The van der Waals surface area contributed by atoms with Gasteiger partial charge in [-0.15, -0.1) is 0 Å². The third-order valence-corrected chi connectivity index (χ3v) is 8.20. The molecule has 0 spiro atoms. The van der Waals surface area contributed by atoms with E-state index in [1.54, 1.807) is 0 Å². The highest BCUT2D eigenvalue weighted by atomic mass is 16.3. The molecule has 0 aliphatic rings. The fourth-order valence-corrected chi connectivity index (χ4v) is 6.44. The lowest BCUT2D eigenvalue weighted by Gasteiger charge is -2.13. The summed E-state index contributed by atoms with van der Waals surface area (Å²) in [6.45, 7) is 0. The standard InChI is InChI=1S/C36H21N3O2/c40-36-28-11-5-7-13-32(28)41-33-17-14-23(20-29(33)36)39-30-12-6-4-10-24(30)26-15-16-27-25-18-19-37-21-31(25)38(34(27)35(26)39)22-8-2-1-3-9-22/h1-21H. The van der Waals surface area contributed by atoms with Crippen LogP contribution in [0.4, 0.5) is 0 Å². The molecule has 0 bridgehead atoms. The summed E-state index contributed by atoms with van der Waals surface area (Å²) in [5, 5.41) is 5.73. The number of aromatic nitrogens is 3. The number of rotatable bonds is 2. The molecule has 5 nitrogen and oxygen atoms in total. The van der Waals surface area contributed by atoms with E-state index in [9.17, 15) is 4.79 Å². The molecule has 0 atom stereocenters. The van der Waals surface area contributed by atoms with Gasteiger partial charge in [-0.05, 0) is 54.6 Å². The summed E-state index contributed by atoms with van der Waals surface area (Å²) in [6, 6.07) is 38.7. The van der Waals surface area contributed by atoms with E-state index in [4.69, 9.17) is 4.42 Å². The maximum atomic E-state index is 13.6. The number of pyridine rings is 1. The molecule has 0 aliphatic carbocycles. The van der Waals surface area contributed by atoms with Gasteiger partial charge in [-0.2, -0.15) is 0 Å². The van der Waals surface area contributed by atoms with Crippen LogP contribution < -0.4 is 5.43 Å². The first kappa shape index (κ1) is 22.2. The van der Waals surface area contributed by atoms with Crippen LogP contribution in [0.15, 0.2) is 137 Å². The van der Waals surface area contributed by atoms with Crippen LogP contribution in [-0.4, -0.2) is 14.1 Å². The lowest BCUT2D eigenvalue weighted by Crippen LogP contribution is -2.04. The number of hydrogen-bond acceptors (Lipinski definition) is 3. The van der Waals surface area contributed by atoms with Gasteiger partial charge in [0.05, 0.1) is 39.0 Å². The lowest BCUT2D eigenvalue weighted by molar-refractivity contribution is 0.660. The van der Waals surface area contributed by atoms with Crippen LogP contribution in [-0.2, 0) is 0 Å². The van der Waals surface area contributed by atoms with Gasteiger partial charge in [0.2, 0.25) is 5.43 Å². The molecule has 0 amide bonds. The number of fused-ring (bicyclic) bond motifs is 9. The highest BCUT2D eigenvalue weighted by Gasteiger charge is 2.21. The fraction of sp³-hybridized carbons (Fsp3) is 0. The minimum atomic E-state index is -0.0286. The van der Waals surface area contributed by atoms with Crippen LogP contribution in [0.5, 0.6) is 0 Å². The van der Waals surface area contributed by atoms with Crippen LogP contribution in [0.3, 0.4) is 0 Å². The van der Waals surface area contributed by atoms with E-state index < -0.39 is 0 Å². The van der Waals surface area contributed by atoms with Crippen molar-refractivity contribution < 1.29 is 4.42 Å². The van der Waals surface area contributed by atoms with Crippen molar-refractivity contribution in [3.63, 3.8) is 0 Å². The molecule has 0 aliphatic heterocycles. The molecule has 0 radical (unpaired) electrons. The van der Waals surface area contributed by atoms with E-state index in [0.29, 0.717) is 21.9 Å². The molecule has 4 heterocycles. The number of benzene rings is 5. The summed E-state index contributed by atoms with van der Waals surface area (Å²) in [5.74, 6) is 0. The van der Waals surface area contributed by atoms with Crippen molar-refractivity contribution in [3.05, 3.63) is 138 Å². The van der Waals surface area contributed by atoms with Gasteiger partial charge >= 0.3 is 0 Å². The van der Waals surface area contributed by atoms with Gasteiger partial charge in [0.15, 0.2) is 0 Å². The Bertz CT molecular complexity index is 2550. The normalized spacial score (nSPS) is 12.0. The van der Waals surface area contributed by atoms with Crippen LogP contribution in [0, 0.1) is 0 Å². The molecule has 0 fully saturated rings. The first-order valence-corrected chi connectivity index (χ1v) is 13.6. The predicted molar refractivity (Wildman–Crippen MR) is 166 cm³/mol. The Morgan fingerprint density at radius 3 is 2.00 bits per heavy atom. The number of nitrogens with zero attached hydrogens (tertiary/aromatic N) is 3. The first-order chi connectivity index (χ1) is 20.3. The van der Waals surface area contributed by atoms with Gasteiger partial charge in [0.1, 0.15) is 11.2 Å². The monoisotopic (exact) mass is 527 g/mol. The zero-order chi connectivity index (χ0) is 27.1. The van der Waals surface area contributed by atoms with Gasteiger partial charge in [0, 0.05) is 39.1 Å². The topological polar surface area (TPSA) is 53.0 Å². The SMILES string of the molecule is O=c1c2ccccc2oc2ccc(-n3c4ccccc4c4ccc5c6ccncc6n(-c6ccccc6)c5c43)cc12. The maximum Gasteiger partial charge on any atom is 0.200 e. The molecule has 5 aromatic carbocycles. The van der Waals surface area contributed by atoms with Crippen molar-refractivity contribution in [3.8, 4) is 11.4 Å². The third-order valence-electron chi connectivity index (χ3n) is 8.20. The Morgan fingerprint density at radius 1 is 0.512 bits per heavy atom. The van der Waals surface area contributed by atoms with Crippen molar-refractivity contribution >= 4 is 65.6 Å². The van der Waals surface area contributed by atoms with Crippen LogP contribution >= 0.6 is 0 Å². The average Bonchev–Trinajstić information content (AvgIpc) is 3.55. The van der Waals surface area contributed by atoms with Crippen LogP contribution in [0.2, 0.25) is 0 Å². The highest BCUT2D eigenvalue weighted by molar-refractivity contribution is 6.23. The van der Waals surface area contributed by atoms with E-state index in [1.807, 2.05) is 60.9 Å². The summed E-state index contributed by atoms with van der Waals surface area (Å²) in [7, 11) is 0. The fourth-order valence-electron chi connectivity index (χ4n) is 6.44.